The smallest absolute Gasteiger partial charge is 0.122 e. The molecule has 0 spiro atoms. The number of ether oxygens (including phenoxy) is 3. The van der Waals surface area contributed by atoms with Gasteiger partial charge in [0.05, 0.1) is 27.4 Å². The molecule has 0 radical (unpaired) electrons. The number of benzene rings is 1. The molecule has 0 atom stereocenters. The van der Waals surface area contributed by atoms with Crippen LogP contribution in [0.3, 0.4) is 0 Å². The third-order valence-corrected chi connectivity index (χ3v) is 3.19. The lowest BCUT2D eigenvalue weighted by atomic mass is 9.89. The molecule has 1 fully saturated rings. The van der Waals surface area contributed by atoms with Crippen LogP contribution in [0.15, 0.2) is 18.2 Å². The van der Waals surface area contributed by atoms with Gasteiger partial charge in [-0.25, -0.2) is 0 Å². The number of rotatable bonds is 6. The summed E-state index contributed by atoms with van der Waals surface area (Å²) in [5.41, 5.74) is 1.46. The van der Waals surface area contributed by atoms with Crippen molar-refractivity contribution in [2.45, 2.75) is 13.5 Å². The average Bonchev–Trinajstić information content (AvgIpc) is 2.36. The van der Waals surface area contributed by atoms with E-state index in [0.29, 0.717) is 5.41 Å². The molecule has 1 saturated heterocycles. The zero-order chi connectivity index (χ0) is 13.0. The Hall–Kier alpha value is -1.26. The van der Waals surface area contributed by atoms with Crippen molar-refractivity contribution in [1.82, 2.24) is 5.32 Å². The van der Waals surface area contributed by atoms with Gasteiger partial charge in [-0.1, -0.05) is 6.92 Å². The summed E-state index contributed by atoms with van der Waals surface area (Å²) in [4.78, 5) is 0. The fourth-order valence-electron chi connectivity index (χ4n) is 2.03. The predicted molar refractivity (Wildman–Crippen MR) is 70.2 cm³/mol. The van der Waals surface area contributed by atoms with Crippen LogP contribution in [0.5, 0.6) is 11.5 Å². The molecule has 0 aliphatic carbocycles. The van der Waals surface area contributed by atoms with Crippen molar-refractivity contribution in [1.29, 1.82) is 0 Å². The molecule has 1 aliphatic heterocycles. The largest absolute Gasteiger partial charge is 0.497 e. The van der Waals surface area contributed by atoms with E-state index in [-0.39, 0.29) is 0 Å². The predicted octanol–water partition coefficient (Wildman–Crippen LogP) is 1.83. The molecule has 18 heavy (non-hydrogen) atoms. The Bertz CT molecular complexity index is 380. The Morgan fingerprint density at radius 1 is 1.17 bits per heavy atom. The van der Waals surface area contributed by atoms with Gasteiger partial charge in [-0.05, 0) is 17.7 Å². The quantitative estimate of drug-likeness (QED) is 0.837. The lowest BCUT2D eigenvalue weighted by Gasteiger charge is -2.38. The summed E-state index contributed by atoms with van der Waals surface area (Å²) >= 11 is 0. The minimum absolute atomic E-state index is 0.295. The molecule has 4 heteroatoms. The highest BCUT2D eigenvalue weighted by Crippen LogP contribution is 2.26. The van der Waals surface area contributed by atoms with Crippen LogP contribution >= 0.6 is 0 Å². The highest BCUT2D eigenvalue weighted by Gasteiger charge is 2.32. The molecular formula is C14H21NO3. The molecule has 0 amide bonds. The van der Waals surface area contributed by atoms with Gasteiger partial charge in [0, 0.05) is 24.6 Å². The van der Waals surface area contributed by atoms with Gasteiger partial charge in [-0.3, -0.25) is 0 Å². The monoisotopic (exact) mass is 251 g/mol. The van der Waals surface area contributed by atoms with E-state index < -0.39 is 0 Å². The number of methoxy groups -OCH3 is 2. The van der Waals surface area contributed by atoms with E-state index in [2.05, 4.69) is 12.2 Å². The van der Waals surface area contributed by atoms with Gasteiger partial charge in [0.15, 0.2) is 0 Å². The van der Waals surface area contributed by atoms with Crippen LogP contribution in [0, 0.1) is 5.41 Å². The fourth-order valence-corrected chi connectivity index (χ4v) is 2.03. The first-order valence-electron chi connectivity index (χ1n) is 6.16. The summed E-state index contributed by atoms with van der Waals surface area (Å²) in [5, 5.41) is 3.46. The highest BCUT2D eigenvalue weighted by molar-refractivity contribution is 5.38. The summed E-state index contributed by atoms with van der Waals surface area (Å²) < 4.78 is 15.7. The van der Waals surface area contributed by atoms with Crippen molar-refractivity contribution in [3.05, 3.63) is 23.8 Å². The van der Waals surface area contributed by atoms with Crippen molar-refractivity contribution < 1.29 is 14.2 Å². The molecule has 1 heterocycles. The zero-order valence-electron chi connectivity index (χ0n) is 11.3. The minimum Gasteiger partial charge on any atom is -0.497 e. The van der Waals surface area contributed by atoms with Crippen molar-refractivity contribution in [2.24, 2.45) is 5.41 Å². The van der Waals surface area contributed by atoms with Gasteiger partial charge < -0.3 is 19.5 Å². The van der Waals surface area contributed by atoms with E-state index in [0.717, 1.165) is 43.4 Å². The molecule has 1 aromatic rings. The number of nitrogens with one attached hydrogen (secondary N) is 1. The maximum Gasteiger partial charge on any atom is 0.122 e. The van der Waals surface area contributed by atoms with Gasteiger partial charge >= 0.3 is 0 Å². The Morgan fingerprint density at radius 2 is 1.78 bits per heavy atom. The van der Waals surface area contributed by atoms with E-state index in [9.17, 15) is 0 Å². The molecule has 0 unspecified atom stereocenters. The maximum absolute atomic E-state index is 5.25. The highest BCUT2D eigenvalue weighted by atomic mass is 16.5. The minimum atomic E-state index is 0.295. The molecule has 1 aromatic carbocycles. The maximum atomic E-state index is 5.25. The summed E-state index contributed by atoms with van der Waals surface area (Å²) in [6.45, 7) is 5.70. The average molecular weight is 251 g/mol. The van der Waals surface area contributed by atoms with Crippen molar-refractivity contribution in [2.75, 3.05) is 34.0 Å². The summed E-state index contributed by atoms with van der Waals surface area (Å²) in [6, 6.07) is 5.93. The van der Waals surface area contributed by atoms with Crippen molar-refractivity contribution in [3.8, 4) is 11.5 Å². The molecule has 4 nitrogen and oxygen atoms in total. The lowest BCUT2D eigenvalue weighted by molar-refractivity contribution is -0.0991. The van der Waals surface area contributed by atoms with Gasteiger partial charge in [-0.2, -0.15) is 0 Å². The second-order valence-corrected chi connectivity index (χ2v) is 5.13. The summed E-state index contributed by atoms with van der Waals surface area (Å²) in [6.07, 6.45) is 0. The normalized spacial score (nSPS) is 17.1. The van der Waals surface area contributed by atoms with Crippen LogP contribution < -0.4 is 14.8 Å². The molecule has 0 saturated carbocycles. The Balaban J connectivity index is 1.91. The summed E-state index contributed by atoms with van der Waals surface area (Å²) in [7, 11) is 3.33. The first-order chi connectivity index (χ1) is 8.65. The van der Waals surface area contributed by atoms with Gasteiger partial charge in [-0.15, -0.1) is 0 Å². The van der Waals surface area contributed by atoms with Crippen LogP contribution in [0.1, 0.15) is 12.5 Å². The van der Waals surface area contributed by atoms with E-state index in [4.69, 9.17) is 14.2 Å². The van der Waals surface area contributed by atoms with Gasteiger partial charge in [0.2, 0.25) is 0 Å². The first-order valence-corrected chi connectivity index (χ1v) is 6.16. The van der Waals surface area contributed by atoms with Crippen LogP contribution in [0.4, 0.5) is 0 Å². The number of hydrogen-bond donors (Lipinski definition) is 1. The molecule has 1 aliphatic rings. The van der Waals surface area contributed by atoms with Crippen LogP contribution in [0.25, 0.3) is 0 Å². The standard InChI is InChI=1S/C14H21NO3/c1-14(9-18-10-14)8-15-7-11-4-12(16-2)6-13(5-11)17-3/h4-6,15H,7-10H2,1-3H3. The van der Waals surface area contributed by atoms with E-state index in [1.54, 1.807) is 14.2 Å². The topological polar surface area (TPSA) is 39.7 Å². The van der Waals surface area contributed by atoms with Crippen LogP contribution in [-0.4, -0.2) is 34.0 Å². The molecule has 0 aromatic heterocycles. The van der Waals surface area contributed by atoms with E-state index in [1.807, 2.05) is 18.2 Å². The van der Waals surface area contributed by atoms with Gasteiger partial charge in [0.25, 0.3) is 0 Å². The Morgan fingerprint density at radius 3 is 2.22 bits per heavy atom. The van der Waals surface area contributed by atoms with Crippen LogP contribution in [0.2, 0.25) is 0 Å². The SMILES string of the molecule is COc1cc(CNCC2(C)COC2)cc(OC)c1. The second-order valence-electron chi connectivity index (χ2n) is 5.13. The fraction of sp³-hybridized carbons (Fsp3) is 0.571. The lowest BCUT2D eigenvalue weighted by Crippen LogP contribution is -2.47. The number of hydrogen-bond acceptors (Lipinski definition) is 4. The van der Waals surface area contributed by atoms with Crippen molar-refractivity contribution in [3.63, 3.8) is 0 Å². The van der Waals surface area contributed by atoms with E-state index >= 15 is 0 Å². The van der Waals surface area contributed by atoms with E-state index in [1.165, 1.54) is 0 Å². The summed E-state index contributed by atoms with van der Waals surface area (Å²) in [5.74, 6) is 1.65. The first kappa shape index (κ1) is 13.2. The zero-order valence-corrected chi connectivity index (χ0v) is 11.3. The molecule has 0 bridgehead atoms. The van der Waals surface area contributed by atoms with Crippen molar-refractivity contribution >= 4 is 0 Å². The third-order valence-electron chi connectivity index (χ3n) is 3.19. The molecule has 100 valence electrons. The third kappa shape index (κ3) is 3.15. The Labute approximate surface area is 108 Å². The molecular weight excluding hydrogens is 230 g/mol. The molecule has 2 rings (SSSR count). The van der Waals surface area contributed by atoms with Crippen LogP contribution in [-0.2, 0) is 11.3 Å². The van der Waals surface area contributed by atoms with Gasteiger partial charge in [0.1, 0.15) is 11.5 Å². The second kappa shape index (κ2) is 5.59. The Kier molecular flexibility index (Phi) is 4.09. The molecule has 1 N–H and O–H groups in total.